The molecule has 0 aliphatic heterocycles. The van der Waals surface area contributed by atoms with E-state index in [1.807, 2.05) is 30.3 Å². The summed E-state index contributed by atoms with van der Waals surface area (Å²) in [6.45, 7) is 2.58. The van der Waals surface area contributed by atoms with E-state index in [4.69, 9.17) is 5.14 Å². The van der Waals surface area contributed by atoms with Gasteiger partial charge < -0.3 is 10.6 Å². The molecule has 0 aromatic heterocycles. The Morgan fingerprint density at radius 1 is 0.970 bits per heavy atom. The van der Waals surface area contributed by atoms with E-state index in [0.717, 1.165) is 36.8 Å². The summed E-state index contributed by atoms with van der Waals surface area (Å²) in [4.78, 5) is 25.9. The zero-order chi connectivity index (χ0) is 23.8. The van der Waals surface area contributed by atoms with Crippen molar-refractivity contribution in [3.8, 4) is 0 Å². The van der Waals surface area contributed by atoms with Crippen LogP contribution in [0.4, 0.5) is 0 Å². The Bertz CT molecular complexity index is 1030. The number of nitrogens with one attached hydrogen (secondary N) is 2. The number of benzene rings is 2. The van der Waals surface area contributed by atoms with Gasteiger partial charge in [0.15, 0.2) is 0 Å². The molecule has 0 bridgehead atoms. The Hall–Kier alpha value is -2.71. The van der Waals surface area contributed by atoms with Gasteiger partial charge in [0.25, 0.3) is 0 Å². The van der Waals surface area contributed by atoms with Gasteiger partial charge in [-0.25, -0.2) is 13.6 Å². The lowest BCUT2D eigenvalue weighted by Gasteiger charge is -2.27. The van der Waals surface area contributed by atoms with Crippen LogP contribution in [-0.4, -0.2) is 32.8 Å². The van der Waals surface area contributed by atoms with Crippen molar-refractivity contribution < 1.29 is 18.0 Å². The number of hydrogen-bond donors (Lipinski definition) is 3. The molecule has 1 aliphatic carbocycles. The Kier molecular flexibility index (Phi) is 8.63. The van der Waals surface area contributed by atoms with Gasteiger partial charge in [0.05, 0.1) is 4.90 Å². The molecule has 0 saturated heterocycles. The number of carbonyl (C=O) groups excluding carboxylic acids is 2. The van der Waals surface area contributed by atoms with E-state index in [2.05, 4.69) is 17.6 Å². The molecule has 1 saturated carbocycles. The second kappa shape index (κ2) is 11.4. The van der Waals surface area contributed by atoms with E-state index in [1.165, 1.54) is 12.1 Å². The third-order valence-electron chi connectivity index (χ3n) is 6.27. The van der Waals surface area contributed by atoms with Crippen LogP contribution >= 0.6 is 0 Å². The van der Waals surface area contributed by atoms with Crippen molar-refractivity contribution in [1.29, 1.82) is 0 Å². The molecule has 33 heavy (non-hydrogen) atoms. The fourth-order valence-electron chi connectivity index (χ4n) is 4.17. The average molecular weight is 472 g/mol. The molecule has 1 atom stereocenters. The molecule has 178 valence electrons. The zero-order valence-electron chi connectivity index (χ0n) is 19.0. The molecule has 3 rings (SSSR count). The molecule has 1 unspecified atom stereocenters. The lowest BCUT2D eigenvalue weighted by atomic mass is 9.82. The van der Waals surface area contributed by atoms with Crippen molar-refractivity contribution in [1.82, 2.24) is 10.6 Å². The van der Waals surface area contributed by atoms with Crippen LogP contribution in [0.1, 0.15) is 43.7 Å². The molecule has 4 N–H and O–H groups in total. The number of sulfonamides is 1. The van der Waals surface area contributed by atoms with Crippen LogP contribution in [0.3, 0.4) is 0 Å². The maximum Gasteiger partial charge on any atom is 0.242 e. The summed E-state index contributed by atoms with van der Waals surface area (Å²) < 4.78 is 22.8. The van der Waals surface area contributed by atoms with Gasteiger partial charge in [0.2, 0.25) is 21.8 Å². The first-order chi connectivity index (χ1) is 15.7. The molecule has 7 nitrogen and oxygen atoms in total. The van der Waals surface area contributed by atoms with Crippen molar-refractivity contribution in [3.05, 3.63) is 65.7 Å². The van der Waals surface area contributed by atoms with Gasteiger partial charge in [-0.05, 0) is 61.3 Å². The zero-order valence-corrected chi connectivity index (χ0v) is 19.8. The molecule has 2 amide bonds. The van der Waals surface area contributed by atoms with Crippen LogP contribution in [0, 0.1) is 11.8 Å². The van der Waals surface area contributed by atoms with E-state index >= 15 is 0 Å². The molecular weight excluding hydrogens is 438 g/mol. The van der Waals surface area contributed by atoms with Gasteiger partial charge in [-0.1, -0.05) is 49.4 Å². The third kappa shape index (κ3) is 7.68. The fourth-order valence-corrected chi connectivity index (χ4v) is 4.69. The lowest BCUT2D eigenvalue weighted by molar-refractivity contribution is -0.131. The smallest absolute Gasteiger partial charge is 0.242 e. The van der Waals surface area contributed by atoms with Gasteiger partial charge in [-0.3, -0.25) is 9.59 Å². The molecule has 1 fully saturated rings. The second-order valence-electron chi connectivity index (χ2n) is 8.94. The molecule has 2 aromatic rings. The topological polar surface area (TPSA) is 118 Å². The predicted molar refractivity (Wildman–Crippen MR) is 128 cm³/mol. The highest BCUT2D eigenvalue weighted by Crippen LogP contribution is 2.28. The van der Waals surface area contributed by atoms with Crippen LogP contribution in [-0.2, 0) is 32.5 Å². The number of rotatable bonds is 9. The Labute approximate surface area is 196 Å². The predicted octanol–water partition coefficient (Wildman–Crippen LogP) is 2.55. The first-order valence-corrected chi connectivity index (χ1v) is 13.0. The van der Waals surface area contributed by atoms with Crippen LogP contribution in [0.25, 0.3) is 0 Å². The van der Waals surface area contributed by atoms with E-state index in [1.54, 1.807) is 12.1 Å². The summed E-state index contributed by atoms with van der Waals surface area (Å²) in [5.74, 6) is 0.343. The van der Waals surface area contributed by atoms with Crippen molar-refractivity contribution >= 4 is 21.8 Å². The van der Waals surface area contributed by atoms with Gasteiger partial charge in [0.1, 0.15) is 6.04 Å². The minimum Gasteiger partial charge on any atom is -0.354 e. The largest absolute Gasteiger partial charge is 0.354 e. The first-order valence-electron chi connectivity index (χ1n) is 11.5. The second-order valence-corrected chi connectivity index (χ2v) is 10.5. The summed E-state index contributed by atoms with van der Waals surface area (Å²) in [5, 5.41) is 11.0. The molecule has 2 aromatic carbocycles. The summed E-state index contributed by atoms with van der Waals surface area (Å²) >= 11 is 0. The molecule has 0 heterocycles. The Morgan fingerprint density at radius 2 is 1.61 bits per heavy atom. The number of primary sulfonamides is 1. The van der Waals surface area contributed by atoms with Crippen LogP contribution < -0.4 is 15.8 Å². The highest BCUT2D eigenvalue weighted by molar-refractivity contribution is 7.89. The Balaban J connectivity index is 1.59. The van der Waals surface area contributed by atoms with Crippen LogP contribution in [0.5, 0.6) is 0 Å². The standard InChI is InChI=1S/C25H33N3O4S/c1-18-7-11-21(12-8-18)24(29)28-23(17-20-5-3-2-4-6-20)25(30)27-16-15-19-9-13-22(14-10-19)33(26,31)32/h2-6,9-10,13-14,18,21,23H,7-8,11-12,15-17H2,1H3,(H,27,30)(H,28,29)(H2,26,31,32). The monoisotopic (exact) mass is 471 g/mol. The molecular formula is C25H33N3O4S. The minimum atomic E-state index is -3.73. The Morgan fingerprint density at radius 3 is 2.21 bits per heavy atom. The van der Waals surface area contributed by atoms with E-state index in [9.17, 15) is 18.0 Å². The molecule has 0 radical (unpaired) electrons. The maximum atomic E-state index is 13.0. The van der Waals surface area contributed by atoms with Gasteiger partial charge in [-0.2, -0.15) is 0 Å². The van der Waals surface area contributed by atoms with E-state index in [-0.39, 0.29) is 22.6 Å². The van der Waals surface area contributed by atoms with E-state index in [0.29, 0.717) is 25.3 Å². The minimum absolute atomic E-state index is 0.0374. The molecule has 0 spiro atoms. The van der Waals surface area contributed by atoms with Crippen molar-refractivity contribution in [2.75, 3.05) is 6.54 Å². The summed E-state index contributed by atoms with van der Waals surface area (Å²) in [5.41, 5.74) is 1.86. The van der Waals surface area contributed by atoms with Crippen molar-refractivity contribution in [2.45, 2.75) is 56.4 Å². The number of amides is 2. The van der Waals surface area contributed by atoms with E-state index < -0.39 is 16.1 Å². The maximum absolute atomic E-state index is 13.0. The normalized spacial score (nSPS) is 19.5. The van der Waals surface area contributed by atoms with Gasteiger partial charge in [-0.15, -0.1) is 0 Å². The molecule has 1 aliphatic rings. The molecule has 8 heteroatoms. The summed E-state index contributed by atoms with van der Waals surface area (Å²) in [7, 11) is -3.73. The van der Waals surface area contributed by atoms with Crippen LogP contribution in [0.15, 0.2) is 59.5 Å². The third-order valence-corrected chi connectivity index (χ3v) is 7.20. The fraction of sp³-hybridized carbons (Fsp3) is 0.440. The van der Waals surface area contributed by atoms with Crippen molar-refractivity contribution in [2.24, 2.45) is 17.0 Å². The average Bonchev–Trinajstić information content (AvgIpc) is 2.79. The van der Waals surface area contributed by atoms with Gasteiger partial charge in [0, 0.05) is 18.9 Å². The quantitative estimate of drug-likeness (QED) is 0.521. The number of hydrogen-bond acceptors (Lipinski definition) is 4. The first kappa shape index (κ1) is 24.9. The lowest BCUT2D eigenvalue weighted by Crippen LogP contribution is -2.50. The summed E-state index contributed by atoms with van der Waals surface area (Å²) in [6.07, 6.45) is 4.76. The van der Waals surface area contributed by atoms with Crippen molar-refractivity contribution in [3.63, 3.8) is 0 Å². The number of carbonyl (C=O) groups is 2. The highest BCUT2D eigenvalue weighted by Gasteiger charge is 2.28. The van der Waals surface area contributed by atoms with Gasteiger partial charge >= 0.3 is 0 Å². The SMILES string of the molecule is CC1CCC(C(=O)NC(Cc2ccccc2)C(=O)NCCc2ccc(S(N)(=O)=O)cc2)CC1. The summed E-state index contributed by atoms with van der Waals surface area (Å²) in [6, 6.07) is 15.3. The van der Waals surface area contributed by atoms with Crippen LogP contribution in [0.2, 0.25) is 0 Å². The highest BCUT2D eigenvalue weighted by atomic mass is 32.2. The number of nitrogens with two attached hydrogens (primary N) is 1.